The quantitative estimate of drug-likeness (QED) is 0.853. The Kier molecular flexibility index (Phi) is 3.67. The van der Waals surface area contributed by atoms with Gasteiger partial charge in [-0.3, -0.25) is 10.3 Å². The molecule has 2 aromatic rings. The van der Waals surface area contributed by atoms with Gasteiger partial charge in [-0.2, -0.15) is 0 Å². The van der Waals surface area contributed by atoms with E-state index < -0.39 is 17.7 Å². The highest BCUT2D eigenvalue weighted by molar-refractivity contribution is 5.86. The maximum absolute atomic E-state index is 12.5. The summed E-state index contributed by atoms with van der Waals surface area (Å²) in [6, 6.07) is 16.3. The van der Waals surface area contributed by atoms with Gasteiger partial charge in [-0.1, -0.05) is 48.5 Å². The van der Waals surface area contributed by atoms with Crippen molar-refractivity contribution in [2.24, 2.45) is 0 Å². The molecule has 2 heterocycles. The summed E-state index contributed by atoms with van der Waals surface area (Å²) in [5.74, 6) is -1.08. The monoisotopic (exact) mass is 378 g/mol. The van der Waals surface area contributed by atoms with Gasteiger partial charge in [0.15, 0.2) is 5.60 Å². The molecule has 1 spiro atoms. The van der Waals surface area contributed by atoms with Crippen LogP contribution >= 0.6 is 0 Å². The molecule has 7 heteroatoms. The fourth-order valence-electron chi connectivity index (χ4n) is 4.15. The summed E-state index contributed by atoms with van der Waals surface area (Å²) in [7, 11) is 0. The number of carboxylic acid groups (broad SMARTS) is 1. The van der Waals surface area contributed by atoms with Crippen LogP contribution < -0.4 is 5.48 Å². The Morgan fingerprint density at radius 3 is 2.29 bits per heavy atom. The highest BCUT2D eigenvalue weighted by atomic mass is 16.7. The van der Waals surface area contributed by atoms with Crippen molar-refractivity contribution >= 4 is 12.1 Å². The van der Waals surface area contributed by atoms with Gasteiger partial charge in [-0.05, 0) is 28.3 Å². The van der Waals surface area contributed by atoms with E-state index in [0.717, 1.165) is 11.1 Å². The van der Waals surface area contributed by atoms with Gasteiger partial charge in [-0.15, -0.1) is 0 Å². The van der Waals surface area contributed by atoms with Crippen LogP contribution in [0.25, 0.3) is 11.1 Å². The summed E-state index contributed by atoms with van der Waals surface area (Å²) < 4.78 is 5.59. The number of likely N-dealkylation sites (tertiary alicyclic amines) is 1. The standard InChI is InChI=1S/C21H18N2O5/c24-19(25)18-9-21(28-22-18)11-23(12-21)20(26)27-10-17-15-7-3-1-5-13(15)14-6-2-4-8-16(14)17/h1-9,17,22H,10-12H2,(H,24,25). The average molecular weight is 378 g/mol. The lowest BCUT2D eigenvalue weighted by atomic mass is 9.94. The minimum atomic E-state index is -1.09. The first-order chi connectivity index (χ1) is 13.6. The van der Waals surface area contributed by atoms with E-state index in [1.807, 2.05) is 24.3 Å². The minimum Gasteiger partial charge on any atom is -0.477 e. The molecule has 0 unspecified atom stereocenters. The van der Waals surface area contributed by atoms with Crippen LogP contribution in [0.2, 0.25) is 0 Å². The van der Waals surface area contributed by atoms with Gasteiger partial charge in [0.25, 0.3) is 0 Å². The van der Waals surface area contributed by atoms with E-state index in [1.165, 1.54) is 22.1 Å². The van der Waals surface area contributed by atoms with E-state index in [1.54, 1.807) is 0 Å². The molecule has 0 radical (unpaired) electrons. The number of carboxylic acids is 1. The Balaban J connectivity index is 1.26. The topological polar surface area (TPSA) is 88.1 Å². The van der Waals surface area contributed by atoms with Gasteiger partial charge < -0.3 is 14.7 Å². The van der Waals surface area contributed by atoms with Gasteiger partial charge >= 0.3 is 12.1 Å². The van der Waals surface area contributed by atoms with Crippen LogP contribution in [0, 0.1) is 0 Å². The number of benzene rings is 2. The molecule has 2 aromatic carbocycles. The molecule has 7 nitrogen and oxygen atoms in total. The molecule has 1 aliphatic carbocycles. The Bertz CT molecular complexity index is 964. The molecule has 142 valence electrons. The smallest absolute Gasteiger partial charge is 0.410 e. The number of hydroxylamine groups is 1. The molecule has 0 aromatic heterocycles. The van der Waals surface area contributed by atoms with Crippen LogP contribution in [0.4, 0.5) is 4.79 Å². The molecule has 1 amide bonds. The first-order valence-electron chi connectivity index (χ1n) is 9.06. The molecule has 3 aliphatic rings. The van der Waals surface area contributed by atoms with E-state index in [9.17, 15) is 9.59 Å². The Morgan fingerprint density at radius 2 is 1.71 bits per heavy atom. The molecule has 28 heavy (non-hydrogen) atoms. The number of fused-ring (bicyclic) bond motifs is 3. The van der Waals surface area contributed by atoms with E-state index >= 15 is 0 Å². The molecule has 0 atom stereocenters. The number of ether oxygens (including phenoxy) is 1. The van der Waals surface area contributed by atoms with Crippen LogP contribution in [0.3, 0.4) is 0 Å². The van der Waals surface area contributed by atoms with Crippen LogP contribution in [0.1, 0.15) is 17.0 Å². The zero-order chi connectivity index (χ0) is 19.3. The van der Waals surface area contributed by atoms with Gasteiger partial charge in [-0.25, -0.2) is 9.59 Å². The van der Waals surface area contributed by atoms with Gasteiger partial charge in [0.05, 0.1) is 13.1 Å². The molecule has 0 bridgehead atoms. The van der Waals surface area contributed by atoms with Crippen molar-refractivity contribution in [3.05, 3.63) is 71.4 Å². The first kappa shape index (κ1) is 16.8. The molecule has 2 N–H and O–H groups in total. The number of carbonyl (C=O) groups is 2. The molecule has 1 fully saturated rings. The highest BCUT2D eigenvalue weighted by Crippen LogP contribution is 2.44. The number of hydrogen-bond donors (Lipinski definition) is 2. The van der Waals surface area contributed by atoms with Crippen molar-refractivity contribution in [1.82, 2.24) is 10.4 Å². The average Bonchev–Trinajstić information content (AvgIpc) is 3.26. The summed E-state index contributed by atoms with van der Waals surface area (Å²) in [4.78, 5) is 30.3. The zero-order valence-electron chi connectivity index (χ0n) is 14.9. The van der Waals surface area contributed by atoms with Gasteiger partial charge in [0.2, 0.25) is 0 Å². The van der Waals surface area contributed by atoms with Crippen molar-refractivity contribution < 1.29 is 24.3 Å². The number of carbonyl (C=O) groups excluding carboxylic acids is 1. The maximum atomic E-state index is 12.5. The number of nitrogens with one attached hydrogen (secondary N) is 1. The molecular weight excluding hydrogens is 360 g/mol. The van der Waals surface area contributed by atoms with Gasteiger partial charge in [0, 0.05) is 5.92 Å². The second kappa shape index (κ2) is 6.10. The fourth-order valence-corrected chi connectivity index (χ4v) is 4.15. The zero-order valence-corrected chi connectivity index (χ0v) is 14.9. The summed E-state index contributed by atoms with van der Waals surface area (Å²) >= 11 is 0. The van der Waals surface area contributed by atoms with Crippen LogP contribution in [-0.4, -0.2) is 47.4 Å². The van der Waals surface area contributed by atoms with Crippen LogP contribution in [0.15, 0.2) is 60.3 Å². The van der Waals surface area contributed by atoms with E-state index in [2.05, 4.69) is 29.7 Å². The second-order valence-corrected chi connectivity index (χ2v) is 7.29. The third-order valence-electron chi connectivity index (χ3n) is 5.51. The van der Waals surface area contributed by atoms with Crippen molar-refractivity contribution in [2.75, 3.05) is 19.7 Å². The first-order valence-corrected chi connectivity index (χ1v) is 9.06. The molecular formula is C21H18N2O5. The summed E-state index contributed by atoms with van der Waals surface area (Å²) in [6.45, 7) is 0.770. The lowest BCUT2D eigenvalue weighted by Crippen LogP contribution is -2.63. The minimum absolute atomic E-state index is 0.00723. The highest BCUT2D eigenvalue weighted by Gasteiger charge is 2.50. The largest absolute Gasteiger partial charge is 0.477 e. The van der Waals surface area contributed by atoms with Crippen molar-refractivity contribution in [3.8, 4) is 11.1 Å². The predicted molar refractivity (Wildman–Crippen MR) is 99.3 cm³/mol. The second-order valence-electron chi connectivity index (χ2n) is 7.29. The number of aliphatic carboxylic acids is 1. The van der Waals surface area contributed by atoms with Crippen molar-refractivity contribution in [1.29, 1.82) is 0 Å². The maximum Gasteiger partial charge on any atom is 0.410 e. The fraction of sp³-hybridized carbons (Fsp3) is 0.238. The van der Waals surface area contributed by atoms with E-state index in [0.29, 0.717) is 0 Å². The number of rotatable bonds is 3. The van der Waals surface area contributed by atoms with Gasteiger partial charge in [0.1, 0.15) is 12.3 Å². The summed E-state index contributed by atoms with van der Waals surface area (Å²) in [5.41, 5.74) is 6.29. The van der Waals surface area contributed by atoms with E-state index in [-0.39, 0.29) is 31.3 Å². The number of hydrogen-bond acceptors (Lipinski definition) is 5. The SMILES string of the molecule is O=C(O)C1=CC2(CN(C(=O)OCC3c4ccccc4-c4ccccc43)C2)ON1. The lowest BCUT2D eigenvalue weighted by molar-refractivity contribution is -0.138. The third-order valence-corrected chi connectivity index (χ3v) is 5.51. The van der Waals surface area contributed by atoms with Crippen molar-refractivity contribution in [3.63, 3.8) is 0 Å². The summed E-state index contributed by atoms with van der Waals surface area (Å²) in [5, 5.41) is 8.99. The Labute approximate surface area is 161 Å². The normalized spacial score (nSPS) is 18.7. The van der Waals surface area contributed by atoms with Crippen molar-refractivity contribution in [2.45, 2.75) is 11.5 Å². The summed E-state index contributed by atoms with van der Waals surface area (Å²) in [6.07, 6.45) is 1.08. The Hall–Kier alpha value is -3.32. The number of amides is 1. The number of nitrogens with zero attached hydrogens (tertiary/aromatic N) is 1. The lowest BCUT2D eigenvalue weighted by Gasteiger charge is -2.43. The molecule has 1 saturated heterocycles. The molecule has 2 aliphatic heterocycles. The van der Waals surface area contributed by atoms with Crippen LogP contribution in [-0.2, 0) is 14.4 Å². The van der Waals surface area contributed by atoms with E-state index in [4.69, 9.17) is 14.7 Å². The third kappa shape index (κ3) is 2.55. The molecule has 5 rings (SSSR count). The predicted octanol–water partition coefficient (Wildman–Crippen LogP) is 2.49. The van der Waals surface area contributed by atoms with Crippen LogP contribution in [0.5, 0.6) is 0 Å². The molecule has 0 saturated carbocycles. The Morgan fingerprint density at radius 1 is 1.11 bits per heavy atom.